The summed E-state index contributed by atoms with van der Waals surface area (Å²) in [5, 5.41) is 4.01. The van der Waals surface area contributed by atoms with Crippen LogP contribution in [0.15, 0.2) is 0 Å². The lowest BCUT2D eigenvalue weighted by Crippen LogP contribution is -2.57. The van der Waals surface area contributed by atoms with E-state index in [1.807, 2.05) is 0 Å². The van der Waals surface area contributed by atoms with Crippen molar-refractivity contribution in [1.29, 1.82) is 0 Å². The van der Waals surface area contributed by atoms with Crippen LogP contribution in [-0.4, -0.2) is 12.1 Å². The Kier molecular flexibility index (Phi) is 3.23. The monoisotopic (exact) mass is 235 g/mol. The highest BCUT2D eigenvalue weighted by molar-refractivity contribution is 5.02. The van der Waals surface area contributed by atoms with E-state index < -0.39 is 0 Å². The van der Waals surface area contributed by atoms with Gasteiger partial charge in [-0.2, -0.15) is 0 Å². The van der Waals surface area contributed by atoms with Crippen molar-refractivity contribution in [3.05, 3.63) is 0 Å². The molecule has 4 bridgehead atoms. The Hall–Kier alpha value is -0.0400. The molecule has 1 nitrogen and oxygen atoms in total. The molecule has 4 saturated carbocycles. The minimum absolute atomic E-state index is 0.711. The van der Waals surface area contributed by atoms with Crippen molar-refractivity contribution < 1.29 is 0 Å². The van der Waals surface area contributed by atoms with Crippen LogP contribution in [0.4, 0.5) is 0 Å². The van der Waals surface area contributed by atoms with E-state index in [-0.39, 0.29) is 0 Å². The van der Waals surface area contributed by atoms with Crippen LogP contribution in [0.3, 0.4) is 0 Å². The highest BCUT2D eigenvalue weighted by atomic mass is 15.0. The number of nitrogens with one attached hydrogen (secondary N) is 1. The molecule has 0 aromatic carbocycles. The third kappa shape index (κ3) is 2.16. The van der Waals surface area contributed by atoms with Crippen molar-refractivity contribution >= 4 is 0 Å². The molecule has 1 N–H and O–H groups in total. The molecule has 4 rings (SSSR count). The lowest BCUT2D eigenvalue weighted by Gasteiger charge is -2.55. The molecule has 0 saturated heterocycles. The van der Waals surface area contributed by atoms with Crippen LogP contribution >= 0.6 is 0 Å². The van der Waals surface area contributed by atoms with E-state index in [1.165, 1.54) is 32.1 Å². The van der Waals surface area contributed by atoms with Gasteiger partial charge in [-0.15, -0.1) is 0 Å². The highest BCUT2D eigenvalue weighted by Crippen LogP contribution is 2.53. The molecule has 0 heterocycles. The summed E-state index contributed by atoms with van der Waals surface area (Å²) in [5.74, 6) is 5.09. The summed E-state index contributed by atoms with van der Waals surface area (Å²) in [7, 11) is 0. The molecule has 0 radical (unpaired) electrons. The molecule has 0 aromatic rings. The van der Waals surface area contributed by atoms with Crippen LogP contribution in [0.2, 0.25) is 0 Å². The van der Waals surface area contributed by atoms with Gasteiger partial charge in [0.1, 0.15) is 0 Å². The first kappa shape index (κ1) is 12.0. The second-order valence-electron chi connectivity index (χ2n) is 7.30. The Bertz CT molecular complexity index is 245. The Balaban J connectivity index is 1.64. The fourth-order valence-electron chi connectivity index (χ4n) is 5.02. The summed E-state index contributed by atoms with van der Waals surface area (Å²) in [6.45, 7) is 7.12. The zero-order chi connectivity index (χ0) is 12.0. The molecule has 98 valence electrons. The van der Waals surface area contributed by atoms with Gasteiger partial charge in [0.05, 0.1) is 0 Å². The summed E-state index contributed by atoms with van der Waals surface area (Å²) in [6.07, 6.45) is 9.04. The first-order chi connectivity index (χ1) is 8.17. The zero-order valence-corrected chi connectivity index (χ0v) is 11.8. The van der Waals surface area contributed by atoms with Crippen LogP contribution in [-0.2, 0) is 0 Å². The highest BCUT2D eigenvalue weighted by Gasteiger charge is 2.48. The molecule has 1 heteroatoms. The third-order valence-corrected chi connectivity index (χ3v) is 6.18. The van der Waals surface area contributed by atoms with Gasteiger partial charge in [0, 0.05) is 12.1 Å². The quantitative estimate of drug-likeness (QED) is 0.781. The predicted molar refractivity (Wildman–Crippen MR) is 72.9 cm³/mol. The molecule has 0 amide bonds. The van der Waals surface area contributed by atoms with Gasteiger partial charge >= 0.3 is 0 Å². The van der Waals surface area contributed by atoms with E-state index in [1.54, 1.807) is 6.42 Å². The molecule has 4 aliphatic rings. The Morgan fingerprint density at radius 2 is 1.47 bits per heavy atom. The number of rotatable bonds is 4. The second-order valence-corrected chi connectivity index (χ2v) is 7.30. The van der Waals surface area contributed by atoms with Crippen LogP contribution in [0.25, 0.3) is 0 Å². The SMILES string of the molecule is CCC(C)C(C)NC1C2CC3CC(C2)CC1C3. The predicted octanol–water partition coefficient (Wildman–Crippen LogP) is 3.84. The van der Waals surface area contributed by atoms with Crippen molar-refractivity contribution in [1.82, 2.24) is 5.32 Å². The lowest BCUT2D eigenvalue weighted by atomic mass is 9.54. The topological polar surface area (TPSA) is 12.0 Å². The Labute approximate surface area is 107 Å². The smallest absolute Gasteiger partial charge is 0.0127 e. The van der Waals surface area contributed by atoms with E-state index in [4.69, 9.17) is 0 Å². The lowest BCUT2D eigenvalue weighted by molar-refractivity contribution is -0.0191. The van der Waals surface area contributed by atoms with Gasteiger partial charge in [0.25, 0.3) is 0 Å². The molecule has 0 aromatic heterocycles. The first-order valence-corrected chi connectivity index (χ1v) is 7.93. The van der Waals surface area contributed by atoms with Gasteiger partial charge in [-0.1, -0.05) is 20.3 Å². The molecule has 2 atom stereocenters. The van der Waals surface area contributed by atoms with Crippen molar-refractivity contribution in [2.75, 3.05) is 0 Å². The van der Waals surface area contributed by atoms with Crippen LogP contribution in [0.1, 0.15) is 59.3 Å². The minimum Gasteiger partial charge on any atom is -0.311 e. The molecular weight excluding hydrogens is 206 g/mol. The average Bonchev–Trinajstić information content (AvgIpc) is 2.31. The standard InChI is InChI=1S/C16H29N/c1-4-10(2)11(3)17-16-14-6-12-5-13(8-14)9-15(16)7-12/h10-17H,4-9H2,1-3H3. The minimum atomic E-state index is 0.711. The molecule has 0 aliphatic heterocycles. The summed E-state index contributed by atoms with van der Waals surface area (Å²) in [5.41, 5.74) is 0. The fraction of sp³-hybridized carbons (Fsp3) is 1.00. The maximum Gasteiger partial charge on any atom is 0.0127 e. The van der Waals surface area contributed by atoms with Gasteiger partial charge in [0.15, 0.2) is 0 Å². The summed E-state index contributed by atoms with van der Waals surface area (Å²) in [4.78, 5) is 0. The van der Waals surface area contributed by atoms with Crippen molar-refractivity contribution in [2.45, 2.75) is 71.4 Å². The third-order valence-electron chi connectivity index (χ3n) is 6.18. The molecule has 0 spiro atoms. The zero-order valence-electron chi connectivity index (χ0n) is 11.8. The summed E-state index contributed by atoms with van der Waals surface area (Å²) >= 11 is 0. The van der Waals surface area contributed by atoms with Gasteiger partial charge in [-0.3, -0.25) is 0 Å². The van der Waals surface area contributed by atoms with Crippen LogP contribution < -0.4 is 5.32 Å². The first-order valence-electron chi connectivity index (χ1n) is 7.93. The normalized spacial score (nSPS) is 47.1. The molecular formula is C16H29N. The average molecular weight is 235 g/mol. The Morgan fingerprint density at radius 1 is 0.941 bits per heavy atom. The summed E-state index contributed by atoms with van der Waals surface area (Å²) < 4.78 is 0. The maximum atomic E-state index is 4.01. The number of hydrogen-bond donors (Lipinski definition) is 1. The molecule has 2 unspecified atom stereocenters. The van der Waals surface area contributed by atoms with E-state index in [0.717, 1.165) is 35.6 Å². The molecule has 17 heavy (non-hydrogen) atoms. The second kappa shape index (κ2) is 4.57. The van der Waals surface area contributed by atoms with Crippen molar-refractivity contribution in [2.24, 2.45) is 29.6 Å². The van der Waals surface area contributed by atoms with Gasteiger partial charge in [-0.25, -0.2) is 0 Å². The largest absolute Gasteiger partial charge is 0.311 e. The van der Waals surface area contributed by atoms with E-state index >= 15 is 0 Å². The van der Waals surface area contributed by atoms with Gasteiger partial charge in [-0.05, 0) is 68.6 Å². The van der Waals surface area contributed by atoms with Gasteiger partial charge < -0.3 is 5.32 Å². The molecule has 4 fully saturated rings. The Morgan fingerprint density at radius 3 is 1.94 bits per heavy atom. The van der Waals surface area contributed by atoms with E-state index in [2.05, 4.69) is 26.1 Å². The van der Waals surface area contributed by atoms with Crippen molar-refractivity contribution in [3.63, 3.8) is 0 Å². The van der Waals surface area contributed by atoms with E-state index in [0.29, 0.717) is 6.04 Å². The van der Waals surface area contributed by atoms with E-state index in [9.17, 15) is 0 Å². The molecule has 4 aliphatic carbocycles. The fourth-order valence-corrected chi connectivity index (χ4v) is 5.02. The summed E-state index contributed by atoms with van der Waals surface area (Å²) in [6, 6.07) is 1.58. The van der Waals surface area contributed by atoms with Crippen LogP contribution in [0, 0.1) is 29.6 Å². The van der Waals surface area contributed by atoms with Crippen molar-refractivity contribution in [3.8, 4) is 0 Å². The van der Waals surface area contributed by atoms with Gasteiger partial charge in [0.2, 0.25) is 0 Å². The maximum absolute atomic E-state index is 4.01. The van der Waals surface area contributed by atoms with Crippen LogP contribution in [0.5, 0.6) is 0 Å². The number of hydrogen-bond acceptors (Lipinski definition) is 1.